The third-order valence-electron chi connectivity index (χ3n) is 2.39. The molecule has 84 valence electrons. The average molecular weight is 235 g/mol. The van der Waals surface area contributed by atoms with Gasteiger partial charge >= 0.3 is 0 Å². The molecule has 0 aliphatic heterocycles. The quantitative estimate of drug-likeness (QED) is 0.819. The van der Waals surface area contributed by atoms with E-state index in [1.165, 1.54) is 0 Å². The van der Waals surface area contributed by atoms with Crippen molar-refractivity contribution in [1.29, 1.82) is 0 Å². The van der Waals surface area contributed by atoms with Crippen molar-refractivity contribution in [3.05, 3.63) is 29.3 Å². The largest absolute Gasteiger partial charge is 0.493 e. The first kappa shape index (κ1) is 11.0. The minimum absolute atomic E-state index is 0.735. The Morgan fingerprint density at radius 3 is 2.38 bits per heavy atom. The van der Waals surface area contributed by atoms with Gasteiger partial charge in [0.15, 0.2) is 11.5 Å². The van der Waals surface area contributed by atoms with Crippen molar-refractivity contribution in [1.82, 2.24) is 4.98 Å². The summed E-state index contributed by atoms with van der Waals surface area (Å²) >= 11 is 1.62. The lowest BCUT2D eigenvalue weighted by Gasteiger charge is -2.11. The predicted molar refractivity (Wildman–Crippen MR) is 65.4 cm³/mol. The molecule has 1 heterocycles. The second-order valence-corrected chi connectivity index (χ2v) is 4.25. The fourth-order valence-electron chi connectivity index (χ4n) is 1.57. The van der Waals surface area contributed by atoms with Crippen molar-refractivity contribution >= 4 is 11.3 Å². The van der Waals surface area contributed by atoms with Gasteiger partial charge in [-0.2, -0.15) is 0 Å². The Balaban J connectivity index is 2.55. The lowest BCUT2D eigenvalue weighted by molar-refractivity contribution is 0.355. The van der Waals surface area contributed by atoms with Crippen molar-refractivity contribution < 1.29 is 9.47 Å². The van der Waals surface area contributed by atoms with Crippen LogP contribution in [0.1, 0.15) is 5.56 Å². The first-order valence-corrected chi connectivity index (χ1v) is 5.76. The van der Waals surface area contributed by atoms with Crippen molar-refractivity contribution in [3.8, 4) is 22.1 Å². The van der Waals surface area contributed by atoms with E-state index in [9.17, 15) is 0 Å². The molecule has 1 aromatic heterocycles. The summed E-state index contributed by atoms with van der Waals surface area (Å²) < 4.78 is 10.5. The molecule has 0 spiro atoms. The van der Waals surface area contributed by atoms with E-state index in [-0.39, 0.29) is 0 Å². The Morgan fingerprint density at radius 1 is 1.12 bits per heavy atom. The number of rotatable bonds is 3. The van der Waals surface area contributed by atoms with Gasteiger partial charge in [-0.1, -0.05) is 0 Å². The summed E-state index contributed by atoms with van der Waals surface area (Å²) in [7, 11) is 3.28. The number of nitrogens with zero attached hydrogens (tertiary/aromatic N) is 1. The predicted octanol–water partition coefficient (Wildman–Crippen LogP) is 3.14. The highest BCUT2D eigenvalue weighted by atomic mass is 32.1. The Bertz CT molecular complexity index is 480. The third-order valence-corrected chi connectivity index (χ3v) is 3.20. The number of hydrogen-bond acceptors (Lipinski definition) is 4. The molecule has 0 atom stereocenters. The fraction of sp³-hybridized carbons (Fsp3) is 0.250. The van der Waals surface area contributed by atoms with Gasteiger partial charge in [-0.3, -0.25) is 0 Å². The standard InChI is InChI=1S/C12H13NO2S/c1-8-6-10(14-2)11(15-3)7-9(8)12-13-4-5-16-12/h4-7H,1-3H3. The van der Waals surface area contributed by atoms with Crippen LogP contribution in [-0.2, 0) is 0 Å². The van der Waals surface area contributed by atoms with Gasteiger partial charge in [-0.25, -0.2) is 4.98 Å². The second-order valence-electron chi connectivity index (χ2n) is 3.36. The van der Waals surface area contributed by atoms with Crippen LogP contribution >= 0.6 is 11.3 Å². The average Bonchev–Trinajstić information content (AvgIpc) is 2.82. The molecule has 3 nitrogen and oxygen atoms in total. The van der Waals surface area contributed by atoms with Gasteiger partial charge in [0.05, 0.1) is 14.2 Å². The minimum atomic E-state index is 0.735. The van der Waals surface area contributed by atoms with E-state index in [4.69, 9.17) is 9.47 Å². The lowest BCUT2D eigenvalue weighted by atomic mass is 10.1. The van der Waals surface area contributed by atoms with Crippen molar-refractivity contribution in [3.63, 3.8) is 0 Å². The van der Waals surface area contributed by atoms with Crippen LogP contribution in [0, 0.1) is 6.92 Å². The number of aromatic nitrogens is 1. The third kappa shape index (κ3) is 1.88. The van der Waals surface area contributed by atoms with Gasteiger partial charge in [-0.05, 0) is 24.6 Å². The Hall–Kier alpha value is -1.55. The molecule has 0 fully saturated rings. The monoisotopic (exact) mass is 235 g/mol. The zero-order chi connectivity index (χ0) is 11.5. The molecule has 0 N–H and O–H groups in total. The van der Waals surface area contributed by atoms with Crippen LogP contribution in [0.4, 0.5) is 0 Å². The van der Waals surface area contributed by atoms with E-state index in [1.54, 1.807) is 31.8 Å². The van der Waals surface area contributed by atoms with Gasteiger partial charge in [0.25, 0.3) is 0 Å². The van der Waals surface area contributed by atoms with Crippen LogP contribution < -0.4 is 9.47 Å². The highest BCUT2D eigenvalue weighted by Crippen LogP contribution is 2.35. The first-order valence-electron chi connectivity index (χ1n) is 4.88. The van der Waals surface area contributed by atoms with E-state index >= 15 is 0 Å². The van der Waals surface area contributed by atoms with Gasteiger partial charge < -0.3 is 9.47 Å². The summed E-state index contributed by atoms with van der Waals surface area (Å²) in [5.74, 6) is 1.48. The number of hydrogen-bond donors (Lipinski definition) is 0. The maximum atomic E-state index is 5.28. The summed E-state index contributed by atoms with van der Waals surface area (Å²) in [6, 6.07) is 3.93. The van der Waals surface area contributed by atoms with E-state index in [1.807, 2.05) is 24.4 Å². The number of aryl methyl sites for hydroxylation is 1. The fourth-order valence-corrected chi connectivity index (χ4v) is 2.29. The van der Waals surface area contributed by atoms with Crippen LogP contribution in [0.5, 0.6) is 11.5 Å². The van der Waals surface area contributed by atoms with Crippen LogP contribution in [0.2, 0.25) is 0 Å². The van der Waals surface area contributed by atoms with E-state index in [0.717, 1.165) is 27.6 Å². The van der Waals surface area contributed by atoms with Crippen LogP contribution in [0.15, 0.2) is 23.7 Å². The lowest BCUT2D eigenvalue weighted by Crippen LogP contribution is -1.93. The summed E-state index contributed by atoms with van der Waals surface area (Å²) in [6.45, 7) is 2.04. The molecule has 0 aliphatic rings. The van der Waals surface area contributed by atoms with E-state index < -0.39 is 0 Å². The van der Waals surface area contributed by atoms with Gasteiger partial charge in [0, 0.05) is 17.1 Å². The van der Waals surface area contributed by atoms with Crippen molar-refractivity contribution in [2.45, 2.75) is 6.92 Å². The summed E-state index contributed by atoms with van der Waals surface area (Å²) in [6.07, 6.45) is 1.80. The molecule has 0 aliphatic carbocycles. The highest BCUT2D eigenvalue weighted by molar-refractivity contribution is 7.13. The number of methoxy groups -OCH3 is 2. The number of ether oxygens (including phenoxy) is 2. The van der Waals surface area contributed by atoms with E-state index in [0.29, 0.717) is 0 Å². The molecule has 0 radical (unpaired) electrons. The van der Waals surface area contributed by atoms with E-state index in [2.05, 4.69) is 4.98 Å². The Labute approximate surface area is 98.7 Å². The first-order chi connectivity index (χ1) is 7.76. The number of benzene rings is 1. The number of thiazole rings is 1. The molecule has 0 saturated heterocycles. The van der Waals surface area contributed by atoms with Crippen molar-refractivity contribution in [2.75, 3.05) is 14.2 Å². The van der Waals surface area contributed by atoms with Crippen molar-refractivity contribution in [2.24, 2.45) is 0 Å². The zero-order valence-electron chi connectivity index (χ0n) is 9.48. The smallest absolute Gasteiger partial charge is 0.161 e. The molecule has 16 heavy (non-hydrogen) atoms. The van der Waals surface area contributed by atoms with Crippen LogP contribution in [0.25, 0.3) is 10.6 Å². The molecular weight excluding hydrogens is 222 g/mol. The molecular formula is C12H13NO2S. The summed E-state index contributed by atoms with van der Waals surface area (Å²) in [5.41, 5.74) is 2.22. The molecule has 0 amide bonds. The molecule has 4 heteroatoms. The highest BCUT2D eigenvalue weighted by Gasteiger charge is 2.11. The minimum Gasteiger partial charge on any atom is -0.493 e. The molecule has 1 aromatic carbocycles. The van der Waals surface area contributed by atoms with Crippen LogP contribution in [-0.4, -0.2) is 19.2 Å². The summed E-state index contributed by atoms with van der Waals surface area (Å²) in [4.78, 5) is 4.30. The summed E-state index contributed by atoms with van der Waals surface area (Å²) in [5, 5.41) is 2.96. The second kappa shape index (κ2) is 4.53. The zero-order valence-corrected chi connectivity index (χ0v) is 10.3. The topological polar surface area (TPSA) is 31.4 Å². The Kier molecular flexibility index (Phi) is 3.10. The van der Waals surface area contributed by atoms with Gasteiger partial charge in [0.1, 0.15) is 5.01 Å². The van der Waals surface area contributed by atoms with Crippen LogP contribution in [0.3, 0.4) is 0 Å². The maximum Gasteiger partial charge on any atom is 0.161 e. The molecule has 0 saturated carbocycles. The SMILES string of the molecule is COc1cc(C)c(-c2nccs2)cc1OC. The maximum absolute atomic E-state index is 5.28. The van der Waals surface area contributed by atoms with Gasteiger partial charge in [0.2, 0.25) is 0 Å². The molecule has 0 bridgehead atoms. The van der Waals surface area contributed by atoms with Gasteiger partial charge in [-0.15, -0.1) is 11.3 Å². The molecule has 2 rings (SSSR count). The Morgan fingerprint density at radius 2 is 1.81 bits per heavy atom. The molecule has 0 unspecified atom stereocenters. The normalized spacial score (nSPS) is 10.2. The molecule has 2 aromatic rings.